The summed E-state index contributed by atoms with van der Waals surface area (Å²) in [4.78, 5) is 21.0. The maximum Gasteiger partial charge on any atom is 0.274 e. The highest BCUT2D eigenvalue weighted by atomic mass is 16.6. The molecular weight excluding hydrogens is 302 g/mol. The van der Waals surface area contributed by atoms with E-state index in [0.717, 1.165) is 0 Å². The molecule has 2 rings (SSSR count). The van der Waals surface area contributed by atoms with Crippen LogP contribution in [0.1, 0.15) is 17.2 Å². The first kappa shape index (κ1) is 16.5. The van der Waals surface area contributed by atoms with Crippen molar-refractivity contribution in [3.05, 3.63) is 79.9 Å². The highest BCUT2D eigenvalue weighted by Crippen LogP contribution is 2.30. The predicted molar refractivity (Wildman–Crippen MR) is 83.1 cm³/mol. The zero-order valence-electron chi connectivity index (χ0n) is 12.1. The summed E-state index contributed by atoms with van der Waals surface area (Å²) in [6.07, 6.45) is 0. The maximum absolute atomic E-state index is 11.2. The number of para-hydroxylation sites is 1. The molecule has 0 aliphatic rings. The van der Waals surface area contributed by atoms with Gasteiger partial charge in [0.15, 0.2) is 0 Å². The molecule has 0 radical (unpaired) electrons. The number of hydrogen-bond donors (Lipinski definition) is 2. The molecule has 8 heteroatoms. The summed E-state index contributed by atoms with van der Waals surface area (Å²) in [7, 11) is 0. The number of aliphatic hydroxyl groups excluding tert-OH is 1. The third kappa shape index (κ3) is 3.87. The summed E-state index contributed by atoms with van der Waals surface area (Å²) in [5.41, 5.74) is 0.955. The molecule has 0 aliphatic carbocycles. The Balaban J connectivity index is 2.45. The van der Waals surface area contributed by atoms with E-state index < -0.39 is 15.9 Å². The van der Waals surface area contributed by atoms with Gasteiger partial charge in [-0.05, 0) is 5.56 Å². The quantitative estimate of drug-likeness (QED) is 0.596. The fraction of sp³-hybridized carbons (Fsp3) is 0.200. The normalized spacial score (nSPS) is 11.9. The molecule has 0 fully saturated rings. The van der Waals surface area contributed by atoms with E-state index in [1.54, 1.807) is 30.3 Å². The van der Waals surface area contributed by atoms with Gasteiger partial charge < -0.3 is 10.4 Å². The first-order valence-corrected chi connectivity index (χ1v) is 6.86. The summed E-state index contributed by atoms with van der Waals surface area (Å²) >= 11 is 0. The van der Waals surface area contributed by atoms with Crippen LogP contribution in [0.4, 0.5) is 11.4 Å². The molecular formula is C15H15N3O5. The Hall–Kier alpha value is -2.84. The highest BCUT2D eigenvalue weighted by Gasteiger charge is 2.23. The van der Waals surface area contributed by atoms with Crippen molar-refractivity contribution in [2.24, 2.45) is 0 Å². The Morgan fingerprint density at radius 1 is 1.00 bits per heavy atom. The molecule has 0 saturated heterocycles. The Labute approximate surface area is 131 Å². The van der Waals surface area contributed by atoms with Crippen LogP contribution >= 0.6 is 0 Å². The van der Waals surface area contributed by atoms with Gasteiger partial charge in [0, 0.05) is 24.7 Å². The summed E-state index contributed by atoms with van der Waals surface area (Å²) in [5, 5.41) is 34.0. The highest BCUT2D eigenvalue weighted by molar-refractivity contribution is 5.47. The van der Waals surface area contributed by atoms with Gasteiger partial charge in [-0.15, -0.1) is 0 Å². The van der Waals surface area contributed by atoms with Gasteiger partial charge in [-0.2, -0.15) is 0 Å². The number of non-ortho nitro benzene ring substituents is 1. The Morgan fingerprint density at radius 2 is 1.65 bits per heavy atom. The van der Waals surface area contributed by atoms with Crippen molar-refractivity contribution in [3.8, 4) is 0 Å². The van der Waals surface area contributed by atoms with Crippen LogP contribution in [0.2, 0.25) is 0 Å². The van der Waals surface area contributed by atoms with E-state index in [4.69, 9.17) is 5.11 Å². The molecule has 2 aromatic rings. The third-order valence-corrected chi connectivity index (χ3v) is 3.34. The predicted octanol–water partition coefficient (Wildman–Crippen LogP) is 2.17. The van der Waals surface area contributed by atoms with Gasteiger partial charge in [-0.1, -0.05) is 30.3 Å². The summed E-state index contributed by atoms with van der Waals surface area (Å²) in [6, 6.07) is 11.5. The van der Waals surface area contributed by atoms with Crippen LogP contribution in [-0.4, -0.2) is 28.1 Å². The van der Waals surface area contributed by atoms with Gasteiger partial charge >= 0.3 is 0 Å². The monoisotopic (exact) mass is 317 g/mol. The molecule has 1 atom stereocenters. The van der Waals surface area contributed by atoms with Gasteiger partial charge in [0.05, 0.1) is 28.1 Å². The zero-order valence-corrected chi connectivity index (χ0v) is 12.1. The Bertz CT molecular complexity index is 703. The molecule has 0 aliphatic heterocycles. The number of nitrogens with one attached hydrogen (secondary N) is 1. The van der Waals surface area contributed by atoms with Crippen molar-refractivity contribution in [2.75, 3.05) is 13.2 Å². The number of aliphatic hydroxyl groups is 1. The Kier molecular flexibility index (Phi) is 5.34. The second-order valence-electron chi connectivity index (χ2n) is 4.78. The molecule has 23 heavy (non-hydrogen) atoms. The van der Waals surface area contributed by atoms with E-state index in [1.165, 1.54) is 18.2 Å². The Morgan fingerprint density at radius 3 is 2.22 bits per heavy atom. The number of nitro groups is 2. The molecule has 0 spiro atoms. The van der Waals surface area contributed by atoms with Crippen molar-refractivity contribution in [3.63, 3.8) is 0 Å². The minimum absolute atomic E-state index is 0.0544. The molecule has 0 amide bonds. The molecule has 0 heterocycles. The molecule has 0 aromatic heterocycles. The van der Waals surface area contributed by atoms with Gasteiger partial charge in [0.1, 0.15) is 0 Å². The summed E-state index contributed by atoms with van der Waals surface area (Å²) in [5.74, 6) is 0. The number of rotatable bonds is 7. The van der Waals surface area contributed by atoms with Crippen LogP contribution in [0.25, 0.3) is 0 Å². The number of hydrogen-bond acceptors (Lipinski definition) is 6. The minimum Gasteiger partial charge on any atom is -0.395 e. The lowest BCUT2D eigenvalue weighted by atomic mass is 9.97. The van der Waals surface area contributed by atoms with Crippen LogP contribution in [0.5, 0.6) is 0 Å². The number of nitro benzene ring substituents is 2. The molecule has 2 N–H and O–H groups in total. The molecule has 0 bridgehead atoms. The van der Waals surface area contributed by atoms with Gasteiger partial charge in [-0.25, -0.2) is 0 Å². The average Bonchev–Trinajstić information content (AvgIpc) is 2.56. The summed E-state index contributed by atoms with van der Waals surface area (Å²) in [6.45, 7) is 0.0951. The molecule has 2 aromatic carbocycles. The van der Waals surface area contributed by atoms with Crippen molar-refractivity contribution >= 4 is 11.4 Å². The van der Waals surface area contributed by atoms with E-state index >= 15 is 0 Å². The number of benzene rings is 2. The second kappa shape index (κ2) is 7.43. The topological polar surface area (TPSA) is 119 Å². The van der Waals surface area contributed by atoms with Gasteiger partial charge in [0.2, 0.25) is 0 Å². The van der Waals surface area contributed by atoms with E-state index in [9.17, 15) is 20.2 Å². The van der Waals surface area contributed by atoms with Crippen molar-refractivity contribution in [1.29, 1.82) is 0 Å². The van der Waals surface area contributed by atoms with Crippen LogP contribution < -0.4 is 5.32 Å². The van der Waals surface area contributed by atoms with Gasteiger partial charge in [0.25, 0.3) is 11.4 Å². The van der Waals surface area contributed by atoms with Crippen LogP contribution in [0, 0.1) is 20.2 Å². The van der Waals surface area contributed by atoms with Crippen molar-refractivity contribution in [1.82, 2.24) is 5.32 Å². The van der Waals surface area contributed by atoms with E-state index in [2.05, 4.69) is 5.32 Å². The van der Waals surface area contributed by atoms with Crippen molar-refractivity contribution < 1.29 is 15.0 Å². The first-order valence-electron chi connectivity index (χ1n) is 6.86. The molecule has 120 valence electrons. The lowest BCUT2D eigenvalue weighted by Gasteiger charge is -2.19. The van der Waals surface area contributed by atoms with Gasteiger partial charge in [-0.3, -0.25) is 20.2 Å². The fourth-order valence-electron chi connectivity index (χ4n) is 2.30. The molecule has 1 unspecified atom stereocenters. The SMILES string of the molecule is O=[N+]([O-])c1ccc(C(NCCO)c2ccccc2[N+](=O)[O-])cc1. The maximum atomic E-state index is 11.2. The van der Waals surface area contributed by atoms with Crippen molar-refractivity contribution in [2.45, 2.75) is 6.04 Å². The first-order chi connectivity index (χ1) is 11.0. The molecule has 0 saturated carbocycles. The van der Waals surface area contributed by atoms with Crippen LogP contribution in [0.15, 0.2) is 48.5 Å². The second-order valence-corrected chi connectivity index (χ2v) is 4.78. The van der Waals surface area contributed by atoms with E-state index in [-0.39, 0.29) is 24.5 Å². The average molecular weight is 317 g/mol. The molecule has 8 nitrogen and oxygen atoms in total. The lowest BCUT2D eigenvalue weighted by Crippen LogP contribution is -2.26. The standard InChI is InChI=1S/C15H15N3O5/c19-10-9-16-15(11-5-7-12(8-6-11)17(20)21)13-3-1-2-4-14(13)18(22)23/h1-8,15-16,19H,9-10H2. The smallest absolute Gasteiger partial charge is 0.274 e. The summed E-state index contributed by atoms with van der Waals surface area (Å²) < 4.78 is 0. The largest absolute Gasteiger partial charge is 0.395 e. The number of nitrogens with zero attached hydrogens (tertiary/aromatic N) is 2. The van der Waals surface area contributed by atoms with E-state index in [1.807, 2.05) is 0 Å². The van der Waals surface area contributed by atoms with Crippen LogP contribution in [0.3, 0.4) is 0 Å². The fourth-order valence-corrected chi connectivity index (χ4v) is 2.30. The minimum atomic E-state index is -0.551. The zero-order chi connectivity index (χ0) is 16.8. The van der Waals surface area contributed by atoms with E-state index in [0.29, 0.717) is 11.1 Å². The third-order valence-electron chi connectivity index (χ3n) is 3.34. The lowest BCUT2D eigenvalue weighted by molar-refractivity contribution is -0.385. The van der Waals surface area contributed by atoms with Crippen LogP contribution in [-0.2, 0) is 0 Å².